The van der Waals surface area contributed by atoms with Crippen molar-refractivity contribution in [1.29, 1.82) is 0 Å². The second-order valence-corrected chi connectivity index (χ2v) is 3.25. The molecule has 0 aliphatic rings. The molecule has 12 heavy (non-hydrogen) atoms. The summed E-state index contributed by atoms with van der Waals surface area (Å²) in [4.78, 5) is 0. The van der Waals surface area contributed by atoms with Gasteiger partial charge >= 0.3 is 0 Å². The lowest BCUT2D eigenvalue weighted by Crippen LogP contribution is -2.19. The number of hydrogen-bond donors (Lipinski definition) is 1. The van der Waals surface area contributed by atoms with E-state index in [1.165, 1.54) is 0 Å². The van der Waals surface area contributed by atoms with Crippen molar-refractivity contribution in [2.45, 2.75) is 19.4 Å². The third-order valence-corrected chi connectivity index (χ3v) is 1.90. The van der Waals surface area contributed by atoms with E-state index >= 15 is 0 Å². The zero-order valence-electron chi connectivity index (χ0n) is 6.46. The third-order valence-electron chi connectivity index (χ3n) is 1.29. The Balaban J connectivity index is 2.96. The van der Waals surface area contributed by atoms with Crippen LogP contribution in [-0.4, -0.2) is 21.5 Å². The molecule has 66 valence electrons. The third kappa shape index (κ3) is 2.27. The lowest BCUT2D eigenvalue weighted by atomic mass is 10.1. The van der Waals surface area contributed by atoms with Crippen LogP contribution in [-0.2, 0) is 6.42 Å². The fourth-order valence-corrected chi connectivity index (χ4v) is 1.25. The largest absolute Gasteiger partial charge is 0.328 e. The van der Waals surface area contributed by atoms with Gasteiger partial charge in [0.1, 0.15) is 0 Å². The summed E-state index contributed by atoms with van der Waals surface area (Å²) >= 11 is 11.4. The first kappa shape index (κ1) is 9.64. The molecule has 1 atom stereocenters. The average molecular weight is 207 g/mol. The van der Waals surface area contributed by atoms with Gasteiger partial charge in [-0.25, -0.2) is 0 Å². The molecular weight excluding hydrogens is 199 g/mol. The summed E-state index contributed by atoms with van der Waals surface area (Å²) < 4.78 is 0. The normalized spacial score (nSPS) is 13.0. The lowest BCUT2D eigenvalue weighted by Gasteiger charge is -2.05. The monoisotopic (exact) mass is 206 g/mol. The smallest absolute Gasteiger partial charge is 0.159 e. The molecule has 0 spiro atoms. The molecule has 0 bridgehead atoms. The van der Waals surface area contributed by atoms with Gasteiger partial charge in [-0.15, -0.1) is 10.2 Å². The van der Waals surface area contributed by atoms with Crippen LogP contribution in [0.5, 0.6) is 0 Å². The molecule has 0 amide bonds. The highest BCUT2D eigenvalue weighted by atomic mass is 35.5. The fraction of sp³-hybridized carbons (Fsp3) is 0.500. The molecule has 6 heteroatoms. The Labute approximate surface area is 80.1 Å². The van der Waals surface area contributed by atoms with Crippen LogP contribution >= 0.6 is 23.2 Å². The molecule has 2 N–H and O–H groups in total. The molecule has 1 unspecified atom stereocenters. The van der Waals surface area contributed by atoms with Gasteiger partial charge in [0.15, 0.2) is 10.3 Å². The van der Waals surface area contributed by atoms with Crippen molar-refractivity contribution in [3.8, 4) is 0 Å². The second-order valence-electron chi connectivity index (χ2n) is 2.53. The molecule has 1 heterocycles. The molecule has 0 fully saturated rings. The zero-order valence-corrected chi connectivity index (χ0v) is 7.97. The number of nitrogens with two attached hydrogens (primary N) is 1. The Kier molecular flexibility index (Phi) is 3.20. The van der Waals surface area contributed by atoms with E-state index in [2.05, 4.69) is 15.4 Å². The molecular formula is C6H8Cl2N4. The highest BCUT2D eigenvalue weighted by Gasteiger charge is 2.10. The number of nitrogens with zero attached hydrogens (tertiary/aromatic N) is 3. The van der Waals surface area contributed by atoms with Crippen molar-refractivity contribution in [2.75, 3.05) is 0 Å². The minimum absolute atomic E-state index is 0.0222. The van der Waals surface area contributed by atoms with Gasteiger partial charge in [-0.1, -0.05) is 23.2 Å². The van der Waals surface area contributed by atoms with Gasteiger partial charge in [-0.3, -0.25) is 0 Å². The number of halogens is 2. The summed E-state index contributed by atoms with van der Waals surface area (Å²) in [5, 5.41) is 11.0. The van der Waals surface area contributed by atoms with Crippen molar-refractivity contribution in [3.05, 3.63) is 15.9 Å². The van der Waals surface area contributed by atoms with Crippen LogP contribution in [0.25, 0.3) is 0 Å². The number of aromatic nitrogens is 3. The Hall–Kier alpha value is -0.450. The van der Waals surface area contributed by atoms with Crippen molar-refractivity contribution in [1.82, 2.24) is 15.4 Å². The predicted octanol–water partition coefficient (Wildman–Crippen LogP) is 1.07. The molecule has 1 aromatic rings. The molecule has 0 aromatic carbocycles. The Morgan fingerprint density at radius 3 is 2.25 bits per heavy atom. The van der Waals surface area contributed by atoms with Gasteiger partial charge in [0.05, 0.1) is 0 Å². The molecule has 1 rings (SSSR count). The lowest BCUT2D eigenvalue weighted by molar-refractivity contribution is 0.720. The molecule has 0 saturated carbocycles. The van der Waals surface area contributed by atoms with Crippen molar-refractivity contribution in [3.63, 3.8) is 0 Å². The molecule has 0 saturated heterocycles. The molecule has 4 nitrogen and oxygen atoms in total. The summed E-state index contributed by atoms with van der Waals surface area (Å²) in [5.74, 6) is 0. The average Bonchev–Trinajstić information content (AvgIpc) is 1.97. The number of rotatable bonds is 2. The van der Waals surface area contributed by atoms with E-state index in [1.807, 2.05) is 6.92 Å². The zero-order chi connectivity index (χ0) is 9.14. The van der Waals surface area contributed by atoms with E-state index in [0.29, 0.717) is 12.0 Å². The van der Waals surface area contributed by atoms with Gasteiger partial charge in [0, 0.05) is 11.6 Å². The van der Waals surface area contributed by atoms with Gasteiger partial charge in [-0.05, 0) is 18.6 Å². The maximum absolute atomic E-state index is 5.72. The number of hydrogen-bond acceptors (Lipinski definition) is 4. The van der Waals surface area contributed by atoms with Crippen LogP contribution in [0.3, 0.4) is 0 Å². The van der Waals surface area contributed by atoms with Gasteiger partial charge in [0.2, 0.25) is 0 Å². The Morgan fingerprint density at radius 2 is 1.83 bits per heavy atom. The summed E-state index contributed by atoms with van der Waals surface area (Å²) in [6, 6.07) is -0.0222. The predicted molar refractivity (Wildman–Crippen MR) is 47.2 cm³/mol. The topological polar surface area (TPSA) is 64.7 Å². The van der Waals surface area contributed by atoms with Crippen molar-refractivity contribution in [2.24, 2.45) is 5.73 Å². The maximum Gasteiger partial charge on any atom is 0.159 e. The summed E-state index contributed by atoms with van der Waals surface area (Å²) in [6.45, 7) is 1.85. The van der Waals surface area contributed by atoms with E-state index < -0.39 is 0 Å². The molecule has 1 aromatic heterocycles. The van der Waals surface area contributed by atoms with E-state index in [1.54, 1.807) is 0 Å². The fourth-order valence-electron chi connectivity index (χ4n) is 0.797. The van der Waals surface area contributed by atoms with Crippen LogP contribution < -0.4 is 5.73 Å². The maximum atomic E-state index is 5.72. The van der Waals surface area contributed by atoms with E-state index in [4.69, 9.17) is 28.9 Å². The highest BCUT2D eigenvalue weighted by Crippen LogP contribution is 2.19. The van der Waals surface area contributed by atoms with E-state index in [-0.39, 0.29) is 16.3 Å². The summed E-state index contributed by atoms with van der Waals surface area (Å²) in [6.07, 6.45) is 0.556. The van der Waals surface area contributed by atoms with E-state index in [9.17, 15) is 0 Å². The van der Waals surface area contributed by atoms with Crippen LogP contribution in [0.15, 0.2) is 0 Å². The first-order valence-electron chi connectivity index (χ1n) is 3.40. The van der Waals surface area contributed by atoms with Gasteiger partial charge in [0.25, 0.3) is 0 Å². The van der Waals surface area contributed by atoms with Crippen LogP contribution in [0.1, 0.15) is 12.5 Å². The van der Waals surface area contributed by atoms with Crippen LogP contribution in [0, 0.1) is 0 Å². The van der Waals surface area contributed by atoms with Gasteiger partial charge < -0.3 is 5.73 Å². The first-order valence-corrected chi connectivity index (χ1v) is 4.15. The molecule has 0 aliphatic heterocycles. The Bertz CT molecular complexity index is 256. The standard InChI is InChI=1S/C6H8Cl2N4/c1-3(9)2-4-5(7)10-12-11-6(4)8/h3H,2,9H2,1H3. The second kappa shape index (κ2) is 3.98. The Morgan fingerprint density at radius 1 is 1.33 bits per heavy atom. The van der Waals surface area contributed by atoms with E-state index in [0.717, 1.165) is 0 Å². The summed E-state index contributed by atoms with van der Waals surface area (Å²) in [7, 11) is 0. The summed E-state index contributed by atoms with van der Waals surface area (Å²) in [5.41, 5.74) is 6.22. The van der Waals surface area contributed by atoms with Crippen molar-refractivity contribution < 1.29 is 0 Å². The minimum Gasteiger partial charge on any atom is -0.328 e. The quantitative estimate of drug-likeness (QED) is 0.787. The minimum atomic E-state index is -0.0222. The van der Waals surface area contributed by atoms with Gasteiger partial charge in [-0.2, -0.15) is 0 Å². The van der Waals surface area contributed by atoms with Crippen LogP contribution in [0.2, 0.25) is 10.3 Å². The van der Waals surface area contributed by atoms with Crippen molar-refractivity contribution >= 4 is 23.2 Å². The molecule has 0 aliphatic carbocycles. The SMILES string of the molecule is CC(N)Cc1c(Cl)nnnc1Cl. The van der Waals surface area contributed by atoms with Crippen LogP contribution in [0.4, 0.5) is 0 Å². The highest BCUT2D eigenvalue weighted by molar-refractivity contribution is 6.34. The molecule has 0 radical (unpaired) electrons. The first-order chi connectivity index (χ1) is 5.61.